The zero-order chi connectivity index (χ0) is 21.5. The third kappa shape index (κ3) is 3.80. The predicted molar refractivity (Wildman–Crippen MR) is 113 cm³/mol. The molecule has 3 rings (SSSR count). The minimum Gasteiger partial charge on any atom is -0.493 e. The average Bonchev–Trinajstić information content (AvgIpc) is 2.65. The van der Waals surface area contributed by atoms with E-state index in [0.29, 0.717) is 34.8 Å². The molecule has 1 heterocycles. The molecule has 0 bridgehead atoms. The second-order valence-corrected chi connectivity index (χ2v) is 9.00. The standard InChI is InChI=1S/C22H26BrNO5/c1-11-18(21(26)29-6)19(12-7-16(27-4)17(28-5)8-13(12)23)20-14(24-11)9-22(2,3)10-15(20)25/h7-8,19,24H,9-10H2,1-6H3. The highest BCUT2D eigenvalue weighted by Gasteiger charge is 2.43. The Balaban J connectivity index is 2.28. The number of dihydropyridines is 1. The van der Waals surface area contributed by atoms with Gasteiger partial charge in [-0.2, -0.15) is 0 Å². The van der Waals surface area contributed by atoms with Gasteiger partial charge in [-0.15, -0.1) is 0 Å². The number of hydrogen-bond donors (Lipinski definition) is 1. The summed E-state index contributed by atoms with van der Waals surface area (Å²) in [5, 5.41) is 3.31. The molecule has 0 spiro atoms. The third-order valence-electron chi connectivity index (χ3n) is 5.46. The Bertz CT molecular complexity index is 945. The Kier molecular flexibility index (Phi) is 5.81. The van der Waals surface area contributed by atoms with Crippen molar-refractivity contribution in [3.05, 3.63) is 44.7 Å². The van der Waals surface area contributed by atoms with E-state index in [4.69, 9.17) is 14.2 Å². The van der Waals surface area contributed by atoms with Gasteiger partial charge in [-0.05, 0) is 36.5 Å². The lowest BCUT2D eigenvalue weighted by molar-refractivity contribution is -0.136. The van der Waals surface area contributed by atoms with Crippen LogP contribution in [0.1, 0.15) is 45.1 Å². The topological polar surface area (TPSA) is 73.9 Å². The number of esters is 1. The van der Waals surface area contributed by atoms with Crippen molar-refractivity contribution in [1.29, 1.82) is 0 Å². The number of methoxy groups -OCH3 is 3. The van der Waals surface area contributed by atoms with Gasteiger partial charge in [0.05, 0.1) is 26.9 Å². The number of ketones is 1. The van der Waals surface area contributed by atoms with Crippen molar-refractivity contribution in [2.45, 2.75) is 39.5 Å². The van der Waals surface area contributed by atoms with Crippen LogP contribution in [0, 0.1) is 5.41 Å². The van der Waals surface area contributed by atoms with Gasteiger partial charge in [0, 0.05) is 33.8 Å². The molecule has 1 unspecified atom stereocenters. The van der Waals surface area contributed by atoms with Crippen molar-refractivity contribution in [3.8, 4) is 11.5 Å². The number of ether oxygens (including phenoxy) is 3. The Morgan fingerprint density at radius 2 is 1.76 bits per heavy atom. The Morgan fingerprint density at radius 3 is 2.34 bits per heavy atom. The lowest BCUT2D eigenvalue weighted by atomic mass is 9.68. The lowest BCUT2D eigenvalue weighted by Crippen LogP contribution is -2.38. The molecule has 0 radical (unpaired) electrons. The zero-order valence-electron chi connectivity index (χ0n) is 17.6. The van der Waals surface area contributed by atoms with Crippen molar-refractivity contribution in [3.63, 3.8) is 0 Å². The second-order valence-electron chi connectivity index (χ2n) is 8.15. The molecule has 1 aliphatic heterocycles. The summed E-state index contributed by atoms with van der Waals surface area (Å²) >= 11 is 3.60. The van der Waals surface area contributed by atoms with Crippen LogP contribution in [0.3, 0.4) is 0 Å². The van der Waals surface area contributed by atoms with Gasteiger partial charge in [0.2, 0.25) is 0 Å². The monoisotopic (exact) mass is 463 g/mol. The fourth-order valence-electron chi connectivity index (χ4n) is 4.22. The van der Waals surface area contributed by atoms with Crippen LogP contribution in [-0.4, -0.2) is 33.1 Å². The molecule has 6 nitrogen and oxygen atoms in total. The molecule has 0 amide bonds. The molecule has 1 aromatic carbocycles. The van der Waals surface area contributed by atoms with Gasteiger partial charge in [-0.1, -0.05) is 29.8 Å². The number of carbonyl (C=O) groups excluding carboxylic acids is 2. The second kappa shape index (κ2) is 7.86. The van der Waals surface area contributed by atoms with Gasteiger partial charge >= 0.3 is 5.97 Å². The van der Waals surface area contributed by atoms with E-state index in [0.717, 1.165) is 22.2 Å². The molecule has 7 heteroatoms. The first-order valence-electron chi connectivity index (χ1n) is 9.37. The number of benzene rings is 1. The maximum absolute atomic E-state index is 13.2. The average molecular weight is 464 g/mol. The minimum atomic E-state index is -0.559. The number of hydrogen-bond acceptors (Lipinski definition) is 6. The molecule has 2 aliphatic rings. The predicted octanol–water partition coefficient (Wildman–Crippen LogP) is 4.24. The summed E-state index contributed by atoms with van der Waals surface area (Å²) in [5.41, 5.74) is 3.20. The Hall–Kier alpha value is -2.28. The van der Waals surface area contributed by atoms with Crippen molar-refractivity contribution >= 4 is 27.7 Å². The molecular weight excluding hydrogens is 438 g/mol. The van der Waals surface area contributed by atoms with Crippen molar-refractivity contribution in [2.24, 2.45) is 5.41 Å². The van der Waals surface area contributed by atoms with E-state index in [2.05, 4.69) is 35.1 Å². The maximum Gasteiger partial charge on any atom is 0.336 e. The first-order valence-corrected chi connectivity index (χ1v) is 10.2. The molecule has 1 aliphatic carbocycles. The largest absolute Gasteiger partial charge is 0.493 e. The highest BCUT2D eigenvalue weighted by Crippen LogP contribution is 2.49. The van der Waals surface area contributed by atoms with Crippen LogP contribution in [-0.2, 0) is 14.3 Å². The van der Waals surface area contributed by atoms with Crippen LogP contribution in [0.4, 0.5) is 0 Å². The normalized spacial score (nSPS) is 20.8. The molecule has 0 fully saturated rings. The number of nitrogens with one attached hydrogen (secondary N) is 1. The molecule has 0 saturated carbocycles. The van der Waals surface area contributed by atoms with E-state index in [1.54, 1.807) is 20.3 Å². The molecular formula is C22H26BrNO5. The zero-order valence-corrected chi connectivity index (χ0v) is 19.2. The lowest BCUT2D eigenvalue weighted by Gasteiger charge is -2.39. The third-order valence-corrected chi connectivity index (χ3v) is 6.15. The van der Waals surface area contributed by atoms with Crippen LogP contribution in [0.25, 0.3) is 0 Å². The fraction of sp³-hybridized carbons (Fsp3) is 0.455. The number of carbonyl (C=O) groups is 2. The van der Waals surface area contributed by atoms with E-state index in [1.807, 2.05) is 13.0 Å². The molecule has 1 atom stereocenters. The van der Waals surface area contributed by atoms with Gasteiger partial charge in [0.1, 0.15) is 0 Å². The van der Waals surface area contributed by atoms with Gasteiger partial charge in [-0.25, -0.2) is 4.79 Å². The highest BCUT2D eigenvalue weighted by atomic mass is 79.9. The Morgan fingerprint density at radius 1 is 1.14 bits per heavy atom. The van der Waals surface area contributed by atoms with Crippen LogP contribution in [0.2, 0.25) is 0 Å². The van der Waals surface area contributed by atoms with Crippen molar-refractivity contribution < 1.29 is 23.8 Å². The summed E-state index contributed by atoms with van der Waals surface area (Å²) in [6.07, 6.45) is 1.14. The molecule has 29 heavy (non-hydrogen) atoms. The quantitative estimate of drug-likeness (QED) is 0.672. The maximum atomic E-state index is 13.2. The number of rotatable bonds is 4. The van der Waals surface area contributed by atoms with Crippen molar-refractivity contribution in [2.75, 3.05) is 21.3 Å². The number of Topliss-reactive ketones (excluding diaryl/α,β-unsaturated/α-hetero) is 1. The summed E-state index contributed by atoms with van der Waals surface area (Å²) < 4.78 is 16.6. The number of allylic oxidation sites excluding steroid dienone is 3. The summed E-state index contributed by atoms with van der Waals surface area (Å²) in [5.74, 6) is 0.0891. The van der Waals surface area contributed by atoms with Gasteiger partial charge in [0.25, 0.3) is 0 Å². The van der Waals surface area contributed by atoms with E-state index in [1.165, 1.54) is 7.11 Å². The number of halogens is 1. The smallest absolute Gasteiger partial charge is 0.336 e. The molecule has 156 valence electrons. The first-order chi connectivity index (χ1) is 13.6. The van der Waals surface area contributed by atoms with Crippen LogP contribution in [0.5, 0.6) is 11.5 Å². The first kappa shape index (κ1) is 21.4. The highest BCUT2D eigenvalue weighted by molar-refractivity contribution is 9.10. The minimum absolute atomic E-state index is 0.0318. The van der Waals surface area contributed by atoms with Crippen LogP contribution in [0.15, 0.2) is 39.1 Å². The SMILES string of the molecule is COC(=O)C1=C(C)NC2=C(C(=O)CC(C)(C)C2)C1c1cc(OC)c(OC)cc1Br. The van der Waals surface area contributed by atoms with Gasteiger partial charge < -0.3 is 19.5 Å². The fourth-order valence-corrected chi connectivity index (χ4v) is 4.77. The van der Waals surface area contributed by atoms with E-state index < -0.39 is 11.9 Å². The van der Waals surface area contributed by atoms with Gasteiger partial charge in [-0.3, -0.25) is 4.79 Å². The summed E-state index contributed by atoms with van der Waals surface area (Å²) in [6, 6.07) is 3.60. The van der Waals surface area contributed by atoms with E-state index >= 15 is 0 Å². The molecule has 1 aromatic rings. The molecule has 1 N–H and O–H groups in total. The summed E-state index contributed by atoms with van der Waals surface area (Å²) in [7, 11) is 4.46. The van der Waals surface area contributed by atoms with E-state index in [9.17, 15) is 9.59 Å². The van der Waals surface area contributed by atoms with Crippen LogP contribution < -0.4 is 14.8 Å². The van der Waals surface area contributed by atoms with Gasteiger partial charge in [0.15, 0.2) is 17.3 Å². The Labute approximate surface area is 179 Å². The summed E-state index contributed by atoms with van der Waals surface area (Å²) in [4.78, 5) is 26.0. The molecule has 0 aromatic heterocycles. The summed E-state index contributed by atoms with van der Waals surface area (Å²) in [6.45, 7) is 5.99. The molecule has 0 saturated heterocycles. The van der Waals surface area contributed by atoms with Crippen molar-refractivity contribution in [1.82, 2.24) is 5.32 Å². The van der Waals surface area contributed by atoms with E-state index in [-0.39, 0.29) is 11.2 Å². The van der Waals surface area contributed by atoms with Crippen LogP contribution >= 0.6 is 15.9 Å².